The highest BCUT2D eigenvalue weighted by atomic mass is 19.1. The second-order valence-corrected chi connectivity index (χ2v) is 3.15. The van der Waals surface area contributed by atoms with Crippen molar-refractivity contribution in [3.8, 4) is 5.75 Å². The molecule has 0 saturated carbocycles. The molecule has 0 heterocycles. The van der Waals surface area contributed by atoms with Gasteiger partial charge < -0.3 is 9.47 Å². The van der Waals surface area contributed by atoms with Gasteiger partial charge in [0.2, 0.25) is 0 Å². The van der Waals surface area contributed by atoms with Crippen molar-refractivity contribution >= 4 is 11.7 Å². The van der Waals surface area contributed by atoms with Crippen LogP contribution in [0.3, 0.4) is 0 Å². The molecule has 92 valence electrons. The predicted molar refractivity (Wildman–Crippen MR) is 55.2 cm³/mol. The zero-order chi connectivity index (χ0) is 13.0. The highest BCUT2D eigenvalue weighted by Crippen LogP contribution is 2.28. The number of benzene rings is 1. The highest BCUT2D eigenvalue weighted by molar-refractivity contribution is 5.74. The van der Waals surface area contributed by atoms with Crippen LogP contribution in [0.4, 0.5) is 10.1 Å². The van der Waals surface area contributed by atoms with E-state index in [-0.39, 0.29) is 5.75 Å². The van der Waals surface area contributed by atoms with E-state index in [1.165, 1.54) is 14.0 Å². The third kappa shape index (κ3) is 3.13. The summed E-state index contributed by atoms with van der Waals surface area (Å²) in [6.07, 6.45) is -1.01. The molecule has 0 amide bonds. The summed E-state index contributed by atoms with van der Waals surface area (Å²) in [6.45, 7) is 1.37. The molecule has 0 aliphatic rings. The maximum absolute atomic E-state index is 12.8. The zero-order valence-electron chi connectivity index (χ0n) is 9.18. The van der Waals surface area contributed by atoms with Gasteiger partial charge in [-0.25, -0.2) is 9.18 Å². The Morgan fingerprint density at radius 1 is 1.53 bits per heavy atom. The number of esters is 1. The summed E-state index contributed by atoms with van der Waals surface area (Å²) >= 11 is 0. The van der Waals surface area contributed by atoms with E-state index in [0.29, 0.717) is 0 Å². The van der Waals surface area contributed by atoms with Gasteiger partial charge in [0.15, 0.2) is 11.9 Å². The van der Waals surface area contributed by atoms with Crippen LogP contribution in [0.1, 0.15) is 6.92 Å². The molecule has 1 aromatic rings. The number of methoxy groups -OCH3 is 1. The minimum atomic E-state index is -1.01. The third-order valence-corrected chi connectivity index (χ3v) is 1.95. The quantitative estimate of drug-likeness (QED) is 0.456. The standard InChI is InChI=1S/C10H10FNO5/c1-6(10(13)16-2)17-9-4-3-7(11)5-8(9)12(14)15/h3-6H,1-2H3/t6-/m1/s1. The molecule has 0 spiro atoms. The first kappa shape index (κ1) is 12.9. The molecular formula is C10H10FNO5. The summed E-state index contributed by atoms with van der Waals surface area (Å²) in [5, 5.41) is 10.6. The molecule has 7 heteroatoms. The Balaban J connectivity index is 2.98. The lowest BCUT2D eigenvalue weighted by atomic mass is 10.3. The Morgan fingerprint density at radius 3 is 2.71 bits per heavy atom. The molecular weight excluding hydrogens is 233 g/mol. The van der Waals surface area contributed by atoms with E-state index in [9.17, 15) is 19.3 Å². The fourth-order valence-electron chi connectivity index (χ4n) is 1.14. The highest BCUT2D eigenvalue weighted by Gasteiger charge is 2.22. The van der Waals surface area contributed by atoms with E-state index in [4.69, 9.17) is 4.74 Å². The molecule has 0 N–H and O–H groups in total. The van der Waals surface area contributed by atoms with Crippen molar-refractivity contribution in [2.45, 2.75) is 13.0 Å². The molecule has 1 atom stereocenters. The number of hydrogen-bond donors (Lipinski definition) is 0. The lowest BCUT2D eigenvalue weighted by Crippen LogP contribution is -2.25. The third-order valence-electron chi connectivity index (χ3n) is 1.95. The summed E-state index contributed by atoms with van der Waals surface area (Å²) in [5.41, 5.74) is -0.541. The van der Waals surface area contributed by atoms with Gasteiger partial charge in [-0.3, -0.25) is 10.1 Å². The number of hydrogen-bond acceptors (Lipinski definition) is 5. The van der Waals surface area contributed by atoms with Crippen LogP contribution in [0.5, 0.6) is 5.75 Å². The number of nitro benzene ring substituents is 1. The van der Waals surface area contributed by atoms with Crippen LogP contribution >= 0.6 is 0 Å². The Labute approximate surface area is 96.1 Å². The SMILES string of the molecule is COC(=O)[C@@H](C)Oc1ccc(F)cc1[N+](=O)[O-]. The van der Waals surface area contributed by atoms with Gasteiger partial charge in [0, 0.05) is 0 Å². The Kier molecular flexibility index (Phi) is 3.97. The second kappa shape index (κ2) is 5.24. The number of carbonyl (C=O) groups excluding carboxylic acids is 1. The van der Waals surface area contributed by atoms with Gasteiger partial charge in [0.1, 0.15) is 5.82 Å². The molecule has 0 radical (unpaired) electrons. The number of carbonyl (C=O) groups is 1. The van der Waals surface area contributed by atoms with E-state index in [1.54, 1.807) is 0 Å². The maximum atomic E-state index is 12.8. The van der Waals surface area contributed by atoms with Crippen LogP contribution in [-0.2, 0) is 9.53 Å². The molecule has 1 rings (SSSR count). The Morgan fingerprint density at radius 2 is 2.18 bits per heavy atom. The summed E-state index contributed by atoms with van der Waals surface area (Å²) in [7, 11) is 1.17. The van der Waals surface area contributed by atoms with Gasteiger partial charge in [0.25, 0.3) is 0 Å². The molecule has 0 fully saturated rings. The van der Waals surface area contributed by atoms with Gasteiger partial charge in [-0.15, -0.1) is 0 Å². The first-order valence-corrected chi connectivity index (χ1v) is 4.64. The van der Waals surface area contributed by atoms with E-state index < -0.39 is 28.5 Å². The monoisotopic (exact) mass is 243 g/mol. The fraction of sp³-hybridized carbons (Fsp3) is 0.300. The smallest absolute Gasteiger partial charge is 0.346 e. The molecule has 0 saturated heterocycles. The maximum Gasteiger partial charge on any atom is 0.346 e. The van der Waals surface area contributed by atoms with Gasteiger partial charge in [0.05, 0.1) is 18.1 Å². The van der Waals surface area contributed by atoms with Crippen molar-refractivity contribution in [1.82, 2.24) is 0 Å². The Hall–Kier alpha value is -2.18. The Bertz CT molecular complexity index is 448. The van der Waals surface area contributed by atoms with Gasteiger partial charge >= 0.3 is 11.7 Å². The first-order chi connectivity index (χ1) is 7.95. The number of rotatable bonds is 4. The summed E-state index contributed by atoms with van der Waals surface area (Å²) in [6, 6.07) is 2.82. The van der Waals surface area contributed by atoms with Crippen LogP contribution < -0.4 is 4.74 Å². The minimum absolute atomic E-state index is 0.186. The lowest BCUT2D eigenvalue weighted by Gasteiger charge is -2.12. The molecule has 17 heavy (non-hydrogen) atoms. The van der Waals surface area contributed by atoms with Crippen LogP contribution in [0.2, 0.25) is 0 Å². The van der Waals surface area contributed by atoms with Crippen molar-refractivity contribution in [1.29, 1.82) is 0 Å². The summed E-state index contributed by atoms with van der Waals surface area (Å²) in [5.74, 6) is -1.62. The van der Waals surface area contributed by atoms with Crippen LogP contribution in [-0.4, -0.2) is 24.1 Å². The predicted octanol–water partition coefficient (Wildman–Crippen LogP) is 1.67. The van der Waals surface area contributed by atoms with E-state index in [2.05, 4.69) is 4.74 Å². The van der Waals surface area contributed by atoms with Crippen molar-refractivity contribution in [3.05, 3.63) is 34.1 Å². The zero-order valence-corrected chi connectivity index (χ0v) is 9.18. The average molecular weight is 243 g/mol. The number of ether oxygens (including phenoxy) is 2. The fourth-order valence-corrected chi connectivity index (χ4v) is 1.14. The summed E-state index contributed by atoms with van der Waals surface area (Å²) in [4.78, 5) is 20.9. The minimum Gasteiger partial charge on any atom is -0.472 e. The van der Waals surface area contributed by atoms with Crippen molar-refractivity contribution in [2.75, 3.05) is 7.11 Å². The summed E-state index contributed by atoms with van der Waals surface area (Å²) < 4.78 is 22.3. The molecule has 6 nitrogen and oxygen atoms in total. The van der Waals surface area contributed by atoms with Crippen molar-refractivity contribution in [3.63, 3.8) is 0 Å². The van der Waals surface area contributed by atoms with E-state index in [1.807, 2.05) is 0 Å². The van der Waals surface area contributed by atoms with E-state index in [0.717, 1.165) is 18.2 Å². The topological polar surface area (TPSA) is 78.7 Å². The molecule has 0 aliphatic heterocycles. The largest absolute Gasteiger partial charge is 0.472 e. The number of nitro groups is 1. The van der Waals surface area contributed by atoms with Gasteiger partial charge in [-0.1, -0.05) is 0 Å². The molecule has 0 aliphatic carbocycles. The number of halogens is 1. The first-order valence-electron chi connectivity index (χ1n) is 4.64. The lowest BCUT2D eigenvalue weighted by molar-refractivity contribution is -0.386. The van der Waals surface area contributed by atoms with Crippen molar-refractivity contribution < 1.29 is 23.6 Å². The number of nitrogens with zero attached hydrogens (tertiary/aromatic N) is 1. The van der Waals surface area contributed by atoms with Gasteiger partial charge in [-0.2, -0.15) is 0 Å². The van der Waals surface area contributed by atoms with Crippen LogP contribution in [0.25, 0.3) is 0 Å². The molecule has 1 aromatic carbocycles. The van der Waals surface area contributed by atoms with Crippen LogP contribution in [0.15, 0.2) is 18.2 Å². The van der Waals surface area contributed by atoms with Crippen molar-refractivity contribution in [2.24, 2.45) is 0 Å². The molecule has 0 bridgehead atoms. The normalized spacial score (nSPS) is 11.7. The molecule has 0 unspecified atom stereocenters. The van der Waals surface area contributed by atoms with Gasteiger partial charge in [-0.05, 0) is 19.1 Å². The van der Waals surface area contributed by atoms with Crippen LogP contribution in [0, 0.1) is 15.9 Å². The average Bonchev–Trinajstić information content (AvgIpc) is 2.29. The van der Waals surface area contributed by atoms with E-state index >= 15 is 0 Å². The second-order valence-electron chi connectivity index (χ2n) is 3.15. The molecule has 0 aromatic heterocycles.